The Balaban J connectivity index is 1.58. The van der Waals surface area contributed by atoms with Crippen molar-refractivity contribution in [3.8, 4) is 28.3 Å². The first kappa shape index (κ1) is 21.3. The van der Waals surface area contributed by atoms with Crippen LogP contribution < -0.4 is 10.1 Å². The molecule has 5 heteroatoms. The van der Waals surface area contributed by atoms with Gasteiger partial charge in [0.15, 0.2) is 0 Å². The van der Waals surface area contributed by atoms with Gasteiger partial charge in [-0.1, -0.05) is 66.7 Å². The molecule has 0 radical (unpaired) electrons. The molecule has 5 aromatic rings. The molecule has 0 unspecified atom stereocenters. The molecule has 0 fully saturated rings. The van der Waals surface area contributed by atoms with Crippen LogP contribution in [0.2, 0.25) is 0 Å². The van der Waals surface area contributed by atoms with E-state index in [0.29, 0.717) is 22.5 Å². The van der Waals surface area contributed by atoms with Crippen LogP contribution in [-0.2, 0) is 0 Å². The molecular formula is C29H23N3O2. The van der Waals surface area contributed by atoms with Crippen molar-refractivity contribution < 1.29 is 9.53 Å². The highest BCUT2D eigenvalue weighted by molar-refractivity contribution is 6.06. The fourth-order valence-electron chi connectivity index (χ4n) is 3.90. The Kier molecular flexibility index (Phi) is 5.75. The van der Waals surface area contributed by atoms with Crippen molar-refractivity contribution >= 4 is 22.6 Å². The molecule has 0 bridgehead atoms. The van der Waals surface area contributed by atoms with E-state index in [1.807, 2.05) is 91.9 Å². The Labute approximate surface area is 198 Å². The normalized spacial score (nSPS) is 10.8. The van der Waals surface area contributed by atoms with Crippen molar-refractivity contribution in [1.82, 2.24) is 9.97 Å². The Morgan fingerprint density at radius 3 is 1.97 bits per heavy atom. The molecule has 0 saturated heterocycles. The number of aromatic nitrogens is 2. The lowest BCUT2D eigenvalue weighted by Gasteiger charge is -2.13. The van der Waals surface area contributed by atoms with E-state index in [1.165, 1.54) is 0 Å². The van der Waals surface area contributed by atoms with Crippen LogP contribution in [-0.4, -0.2) is 23.0 Å². The monoisotopic (exact) mass is 445 g/mol. The topological polar surface area (TPSA) is 64.1 Å². The Hall–Kier alpha value is -4.51. The zero-order valence-electron chi connectivity index (χ0n) is 18.9. The van der Waals surface area contributed by atoms with E-state index in [2.05, 4.69) is 5.32 Å². The van der Waals surface area contributed by atoms with Crippen LogP contribution in [0.3, 0.4) is 0 Å². The quantitative estimate of drug-likeness (QED) is 0.334. The zero-order chi connectivity index (χ0) is 23.5. The molecule has 0 saturated carbocycles. The summed E-state index contributed by atoms with van der Waals surface area (Å²) in [6, 6.07) is 31.0. The number of nitrogens with one attached hydrogen (secondary N) is 1. The number of hydrogen-bond acceptors (Lipinski definition) is 4. The van der Waals surface area contributed by atoms with E-state index < -0.39 is 0 Å². The predicted octanol–water partition coefficient (Wildman–Crippen LogP) is 6.53. The molecule has 0 spiro atoms. The predicted molar refractivity (Wildman–Crippen MR) is 136 cm³/mol. The molecule has 1 aromatic heterocycles. The SMILES string of the molecule is COc1ccc(C)cc1NC(=O)c1ccc2nc(-c3ccccc3)c(-c3ccccc3)nc2c1. The van der Waals surface area contributed by atoms with Gasteiger partial charge in [0, 0.05) is 16.7 Å². The van der Waals surface area contributed by atoms with Crippen LogP contribution in [0.25, 0.3) is 33.5 Å². The van der Waals surface area contributed by atoms with Crippen LogP contribution in [0.4, 0.5) is 5.69 Å². The van der Waals surface area contributed by atoms with E-state index in [9.17, 15) is 4.79 Å². The van der Waals surface area contributed by atoms with Gasteiger partial charge in [-0.25, -0.2) is 9.97 Å². The summed E-state index contributed by atoms with van der Waals surface area (Å²) in [6.07, 6.45) is 0. The van der Waals surface area contributed by atoms with Crippen molar-refractivity contribution in [3.05, 3.63) is 108 Å². The van der Waals surface area contributed by atoms with Crippen LogP contribution in [0, 0.1) is 6.92 Å². The van der Waals surface area contributed by atoms with E-state index >= 15 is 0 Å². The summed E-state index contributed by atoms with van der Waals surface area (Å²) >= 11 is 0. The Bertz CT molecular complexity index is 1480. The summed E-state index contributed by atoms with van der Waals surface area (Å²) < 4.78 is 5.39. The summed E-state index contributed by atoms with van der Waals surface area (Å²) in [7, 11) is 1.58. The summed E-state index contributed by atoms with van der Waals surface area (Å²) in [5, 5.41) is 2.95. The molecule has 0 aliphatic carbocycles. The van der Waals surface area contributed by atoms with Gasteiger partial charge < -0.3 is 10.1 Å². The molecule has 1 heterocycles. The standard InChI is InChI=1S/C29H23N3O2/c1-19-13-16-26(34-2)25(17-19)32-29(33)22-14-15-23-24(18-22)31-28(21-11-7-4-8-12-21)27(30-23)20-9-5-3-6-10-20/h3-18H,1-2H3,(H,32,33). The van der Waals surface area contributed by atoms with Gasteiger partial charge in [-0.15, -0.1) is 0 Å². The molecule has 0 atom stereocenters. The van der Waals surface area contributed by atoms with Crippen molar-refractivity contribution in [2.75, 3.05) is 12.4 Å². The number of fused-ring (bicyclic) bond motifs is 1. The smallest absolute Gasteiger partial charge is 0.255 e. The number of anilines is 1. The highest BCUT2D eigenvalue weighted by Crippen LogP contribution is 2.31. The average molecular weight is 446 g/mol. The number of nitrogens with zero attached hydrogens (tertiary/aromatic N) is 2. The van der Waals surface area contributed by atoms with Gasteiger partial charge in [-0.2, -0.15) is 0 Å². The van der Waals surface area contributed by atoms with Gasteiger partial charge in [0.1, 0.15) is 5.75 Å². The first-order chi connectivity index (χ1) is 16.6. The lowest BCUT2D eigenvalue weighted by atomic mass is 10.0. The van der Waals surface area contributed by atoms with Gasteiger partial charge in [0.2, 0.25) is 0 Å². The molecule has 166 valence electrons. The fraction of sp³-hybridized carbons (Fsp3) is 0.0690. The molecule has 5 nitrogen and oxygen atoms in total. The van der Waals surface area contributed by atoms with Crippen LogP contribution >= 0.6 is 0 Å². The highest BCUT2D eigenvalue weighted by Gasteiger charge is 2.15. The summed E-state index contributed by atoms with van der Waals surface area (Å²) in [4.78, 5) is 22.9. The third-order valence-electron chi connectivity index (χ3n) is 5.62. The minimum Gasteiger partial charge on any atom is -0.495 e. The number of carbonyl (C=O) groups excluding carboxylic acids is 1. The number of benzene rings is 4. The van der Waals surface area contributed by atoms with E-state index in [4.69, 9.17) is 14.7 Å². The van der Waals surface area contributed by atoms with Crippen LogP contribution in [0.1, 0.15) is 15.9 Å². The minimum absolute atomic E-state index is 0.235. The van der Waals surface area contributed by atoms with E-state index in [-0.39, 0.29) is 5.91 Å². The maximum absolute atomic E-state index is 13.1. The number of rotatable bonds is 5. The Morgan fingerprint density at radius 1 is 0.735 bits per heavy atom. The summed E-state index contributed by atoms with van der Waals surface area (Å²) in [5.74, 6) is 0.374. The lowest BCUT2D eigenvalue weighted by molar-refractivity contribution is 0.102. The zero-order valence-corrected chi connectivity index (χ0v) is 18.9. The third-order valence-corrected chi connectivity index (χ3v) is 5.62. The van der Waals surface area contributed by atoms with E-state index in [0.717, 1.165) is 33.6 Å². The number of aryl methyl sites for hydroxylation is 1. The van der Waals surface area contributed by atoms with Crippen LogP contribution in [0.15, 0.2) is 97.1 Å². The summed E-state index contributed by atoms with van der Waals surface area (Å²) in [6.45, 7) is 1.97. The molecule has 4 aromatic carbocycles. The molecule has 1 amide bonds. The van der Waals surface area contributed by atoms with Gasteiger partial charge in [-0.05, 0) is 42.8 Å². The molecule has 5 rings (SSSR count). The number of carbonyl (C=O) groups is 1. The summed E-state index contributed by atoms with van der Waals surface area (Å²) in [5.41, 5.74) is 7.07. The van der Waals surface area contributed by atoms with Crippen molar-refractivity contribution in [2.24, 2.45) is 0 Å². The second-order valence-electron chi connectivity index (χ2n) is 8.01. The van der Waals surface area contributed by atoms with E-state index in [1.54, 1.807) is 19.2 Å². The first-order valence-electron chi connectivity index (χ1n) is 11.0. The number of amides is 1. The lowest BCUT2D eigenvalue weighted by Crippen LogP contribution is -2.13. The highest BCUT2D eigenvalue weighted by atomic mass is 16.5. The van der Waals surface area contributed by atoms with Gasteiger partial charge >= 0.3 is 0 Å². The molecule has 34 heavy (non-hydrogen) atoms. The van der Waals surface area contributed by atoms with Crippen molar-refractivity contribution in [3.63, 3.8) is 0 Å². The second kappa shape index (κ2) is 9.16. The van der Waals surface area contributed by atoms with Crippen molar-refractivity contribution in [1.29, 1.82) is 0 Å². The fourth-order valence-corrected chi connectivity index (χ4v) is 3.90. The van der Waals surface area contributed by atoms with Gasteiger partial charge in [0.25, 0.3) is 5.91 Å². The third kappa shape index (κ3) is 4.24. The average Bonchev–Trinajstić information content (AvgIpc) is 2.88. The first-order valence-corrected chi connectivity index (χ1v) is 11.0. The van der Waals surface area contributed by atoms with Crippen molar-refractivity contribution in [2.45, 2.75) is 6.92 Å². The number of ether oxygens (including phenoxy) is 1. The second-order valence-corrected chi connectivity index (χ2v) is 8.01. The van der Waals surface area contributed by atoms with Gasteiger partial charge in [0.05, 0.1) is 35.2 Å². The molecular weight excluding hydrogens is 422 g/mol. The minimum atomic E-state index is -0.235. The number of methoxy groups -OCH3 is 1. The maximum Gasteiger partial charge on any atom is 0.255 e. The number of hydrogen-bond donors (Lipinski definition) is 1. The van der Waals surface area contributed by atoms with Crippen LogP contribution in [0.5, 0.6) is 5.75 Å². The largest absolute Gasteiger partial charge is 0.495 e. The van der Waals surface area contributed by atoms with Gasteiger partial charge in [-0.3, -0.25) is 4.79 Å². The Morgan fingerprint density at radius 2 is 1.35 bits per heavy atom. The molecule has 1 N–H and O–H groups in total. The molecule has 0 aliphatic rings. The maximum atomic E-state index is 13.1. The molecule has 0 aliphatic heterocycles.